The Morgan fingerprint density at radius 3 is 2.92 bits per heavy atom. The van der Waals surface area contributed by atoms with E-state index in [1.807, 2.05) is 36.4 Å². The number of carbonyl (C=O) groups excluding carboxylic acids is 1. The van der Waals surface area contributed by atoms with Crippen molar-refractivity contribution in [3.63, 3.8) is 0 Å². The van der Waals surface area contributed by atoms with Crippen LogP contribution < -0.4 is 10.2 Å². The highest BCUT2D eigenvalue weighted by Gasteiger charge is 2.18. The monoisotopic (exact) mass is 337 g/mol. The molecule has 7 nitrogen and oxygen atoms in total. The maximum Gasteiger partial charge on any atom is 0.253 e. The SMILES string of the molecule is O=C(NCc1[nH]nc2ncccc12)c1ccccc1N1CCOCC1. The van der Waals surface area contributed by atoms with Crippen LogP contribution in [-0.4, -0.2) is 47.4 Å². The van der Waals surface area contributed by atoms with Crippen LogP contribution in [0.1, 0.15) is 16.1 Å². The molecule has 0 unspecified atom stereocenters. The summed E-state index contributed by atoms with van der Waals surface area (Å²) < 4.78 is 5.40. The van der Waals surface area contributed by atoms with Gasteiger partial charge >= 0.3 is 0 Å². The number of H-pyrrole nitrogens is 1. The Balaban J connectivity index is 1.51. The van der Waals surface area contributed by atoms with Gasteiger partial charge in [-0.2, -0.15) is 5.10 Å². The van der Waals surface area contributed by atoms with Gasteiger partial charge in [0, 0.05) is 30.4 Å². The average molecular weight is 337 g/mol. The lowest BCUT2D eigenvalue weighted by molar-refractivity contribution is 0.0949. The summed E-state index contributed by atoms with van der Waals surface area (Å²) in [6, 6.07) is 11.5. The second-order valence-electron chi connectivity index (χ2n) is 5.88. The van der Waals surface area contributed by atoms with E-state index in [4.69, 9.17) is 4.74 Å². The molecule has 128 valence electrons. The lowest BCUT2D eigenvalue weighted by Gasteiger charge is -2.30. The smallest absolute Gasteiger partial charge is 0.253 e. The molecule has 0 atom stereocenters. The Labute approximate surface area is 145 Å². The standard InChI is InChI=1S/C18H19N5O2/c24-18(20-12-15-13-5-3-7-19-17(13)22-21-15)14-4-1-2-6-16(14)23-8-10-25-11-9-23/h1-7H,8-12H2,(H,20,24)(H,19,21,22). The van der Waals surface area contributed by atoms with Crippen molar-refractivity contribution in [1.29, 1.82) is 0 Å². The van der Waals surface area contributed by atoms with Crippen LogP contribution in [0.4, 0.5) is 5.69 Å². The molecule has 1 aromatic carbocycles. The Morgan fingerprint density at radius 2 is 2.04 bits per heavy atom. The van der Waals surface area contributed by atoms with Crippen molar-refractivity contribution in [2.45, 2.75) is 6.54 Å². The molecule has 1 amide bonds. The van der Waals surface area contributed by atoms with Gasteiger partial charge in [-0.15, -0.1) is 0 Å². The maximum absolute atomic E-state index is 12.7. The summed E-state index contributed by atoms with van der Waals surface area (Å²) in [6.45, 7) is 3.33. The van der Waals surface area contributed by atoms with E-state index in [1.54, 1.807) is 6.20 Å². The van der Waals surface area contributed by atoms with E-state index >= 15 is 0 Å². The number of hydrogen-bond acceptors (Lipinski definition) is 5. The van der Waals surface area contributed by atoms with Crippen molar-refractivity contribution in [3.05, 3.63) is 53.9 Å². The average Bonchev–Trinajstić information content (AvgIpc) is 3.10. The molecule has 0 saturated carbocycles. The number of carbonyl (C=O) groups is 1. The van der Waals surface area contributed by atoms with Crippen LogP contribution >= 0.6 is 0 Å². The predicted octanol–water partition coefficient (Wildman–Crippen LogP) is 1.72. The van der Waals surface area contributed by atoms with Gasteiger partial charge in [-0.25, -0.2) is 4.98 Å². The Morgan fingerprint density at radius 1 is 1.20 bits per heavy atom. The number of para-hydroxylation sites is 1. The molecule has 2 aromatic heterocycles. The highest BCUT2D eigenvalue weighted by atomic mass is 16.5. The van der Waals surface area contributed by atoms with Crippen LogP contribution in [0, 0.1) is 0 Å². The van der Waals surface area contributed by atoms with Gasteiger partial charge in [0.05, 0.1) is 31.0 Å². The molecule has 1 saturated heterocycles. The summed E-state index contributed by atoms with van der Waals surface area (Å²) in [6.07, 6.45) is 1.70. The fourth-order valence-electron chi connectivity index (χ4n) is 3.05. The van der Waals surface area contributed by atoms with Crippen molar-refractivity contribution in [3.8, 4) is 0 Å². The molecule has 25 heavy (non-hydrogen) atoms. The molecule has 0 spiro atoms. The number of anilines is 1. The molecule has 0 radical (unpaired) electrons. The first-order chi connectivity index (χ1) is 12.3. The predicted molar refractivity (Wildman–Crippen MR) is 94.5 cm³/mol. The van der Waals surface area contributed by atoms with Gasteiger partial charge in [-0.05, 0) is 24.3 Å². The fourth-order valence-corrected chi connectivity index (χ4v) is 3.05. The van der Waals surface area contributed by atoms with Crippen molar-refractivity contribution in [2.24, 2.45) is 0 Å². The number of aromatic nitrogens is 3. The second-order valence-corrected chi connectivity index (χ2v) is 5.88. The van der Waals surface area contributed by atoms with Crippen LogP contribution in [0.5, 0.6) is 0 Å². The molecule has 7 heteroatoms. The highest BCUT2D eigenvalue weighted by molar-refractivity contribution is 6.00. The first-order valence-electron chi connectivity index (χ1n) is 8.31. The minimum absolute atomic E-state index is 0.103. The normalized spacial score (nSPS) is 14.6. The van der Waals surface area contributed by atoms with E-state index in [1.165, 1.54) is 0 Å². The van der Waals surface area contributed by atoms with E-state index in [2.05, 4.69) is 25.4 Å². The fraction of sp³-hybridized carbons (Fsp3) is 0.278. The lowest BCUT2D eigenvalue weighted by Crippen LogP contribution is -2.37. The van der Waals surface area contributed by atoms with Gasteiger partial charge in [0.1, 0.15) is 0 Å². The third kappa shape index (κ3) is 3.18. The number of nitrogens with zero attached hydrogens (tertiary/aromatic N) is 3. The molecular formula is C18H19N5O2. The molecule has 0 bridgehead atoms. The molecular weight excluding hydrogens is 318 g/mol. The summed E-state index contributed by atoms with van der Waals surface area (Å²) in [5, 5.41) is 11.0. The minimum atomic E-state index is -0.103. The zero-order valence-electron chi connectivity index (χ0n) is 13.7. The molecule has 0 aliphatic carbocycles. The van der Waals surface area contributed by atoms with E-state index in [0.29, 0.717) is 31.0 Å². The summed E-state index contributed by atoms with van der Waals surface area (Å²) in [5.74, 6) is -0.103. The van der Waals surface area contributed by atoms with Crippen molar-refractivity contribution >= 4 is 22.6 Å². The van der Waals surface area contributed by atoms with Crippen LogP contribution in [0.15, 0.2) is 42.6 Å². The first kappa shape index (κ1) is 15.6. The zero-order valence-corrected chi connectivity index (χ0v) is 13.7. The largest absolute Gasteiger partial charge is 0.378 e. The number of benzene rings is 1. The zero-order chi connectivity index (χ0) is 17.1. The number of rotatable bonds is 4. The van der Waals surface area contributed by atoms with E-state index in [0.717, 1.165) is 29.9 Å². The van der Waals surface area contributed by atoms with Crippen molar-refractivity contribution in [2.75, 3.05) is 31.2 Å². The Kier molecular flexibility index (Phi) is 4.30. The molecule has 4 rings (SSSR count). The second kappa shape index (κ2) is 6.90. The molecule has 2 N–H and O–H groups in total. The highest BCUT2D eigenvalue weighted by Crippen LogP contribution is 2.21. The van der Waals surface area contributed by atoms with Crippen LogP contribution in [0.2, 0.25) is 0 Å². The third-order valence-corrected chi connectivity index (χ3v) is 4.33. The van der Waals surface area contributed by atoms with Crippen LogP contribution in [0.25, 0.3) is 11.0 Å². The topological polar surface area (TPSA) is 83.1 Å². The summed E-state index contributed by atoms with van der Waals surface area (Å²) in [4.78, 5) is 19.1. The number of aromatic amines is 1. The maximum atomic E-state index is 12.7. The van der Waals surface area contributed by atoms with E-state index in [-0.39, 0.29) is 5.91 Å². The van der Waals surface area contributed by atoms with Crippen molar-refractivity contribution in [1.82, 2.24) is 20.5 Å². The van der Waals surface area contributed by atoms with Crippen LogP contribution in [-0.2, 0) is 11.3 Å². The van der Waals surface area contributed by atoms with Gasteiger partial charge in [0.2, 0.25) is 0 Å². The minimum Gasteiger partial charge on any atom is -0.378 e. The number of fused-ring (bicyclic) bond motifs is 1. The quantitative estimate of drug-likeness (QED) is 0.757. The first-order valence-corrected chi connectivity index (χ1v) is 8.31. The Hall–Kier alpha value is -2.93. The molecule has 3 aromatic rings. The van der Waals surface area contributed by atoms with Crippen molar-refractivity contribution < 1.29 is 9.53 Å². The Bertz CT molecular complexity index is 886. The number of nitrogens with one attached hydrogen (secondary N) is 2. The molecule has 3 heterocycles. The summed E-state index contributed by atoms with van der Waals surface area (Å²) in [5.41, 5.74) is 3.12. The van der Waals surface area contributed by atoms with Gasteiger partial charge in [0.15, 0.2) is 5.65 Å². The van der Waals surface area contributed by atoms with Gasteiger partial charge in [-0.1, -0.05) is 12.1 Å². The van der Waals surface area contributed by atoms with Gasteiger partial charge < -0.3 is 15.0 Å². The van der Waals surface area contributed by atoms with Gasteiger partial charge in [0.25, 0.3) is 5.91 Å². The molecule has 1 aliphatic heterocycles. The number of morpholine rings is 1. The summed E-state index contributed by atoms with van der Waals surface area (Å²) in [7, 11) is 0. The van der Waals surface area contributed by atoms with E-state index < -0.39 is 0 Å². The molecule has 1 aliphatic rings. The van der Waals surface area contributed by atoms with E-state index in [9.17, 15) is 4.79 Å². The number of pyridine rings is 1. The number of hydrogen-bond donors (Lipinski definition) is 2. The number of amides is 1. The third-order valence-electron chi connectivity index (χ3n) is 4.33. The van der Waals surface area contributed by atoms with Crippen LogP contribution in [0.3, 0.4) is 0 Å². The number of ether oxygens (including phenoxy) is 1. The molecule has 1 fully saturated rings. The lowest BCUT2D eigenvalue weighted by atomic mass is 10.1. The summed E-state index contributed by atoms with van der Waals surface area (Å²) >= 11 is 0. The van der Waals surface area contributed by atoms with Gasteiger partial charge in [-0.3, -0.25) is 9.89 Å².